The molecule has 164 valence electrons. The lowest BCUT2D eigenvalue weighted by molar-refractivity contribution is 0.289. The Balaban J connectivity index is 1.60. The number of guanidine groups is 1. The van der Waals surface area contributed by atoms with Crippen LogP contribution in [0.1, 0.15) is 19.4 Å². The van der Waals surface area contributed by atoms with E-state index in [-0.39, 0.29) is 10.9 Å². The highest BCUT2D eigenvalue weighted by Gasteiger charge is 2.29. The van der Waals surface area contributed by atoms with E-state index in [2.05, 4.69) is 36.5 Å². The van der Waals surface area contributed by atoms with Gasteiger partial charge in [-0.3, -0.25) is 0 Å². The Bertz CT molecular complexity index is 1190. The average Bonchev–Trinajstić information content (AvgIpc) is 3.15. The molecule has 0 radical (unpaired) electrons. The molecule has 3 heterocycles. The number of piperazine rings is 1. The molecule has 1 aromatic carbocycles. The summed E-state index contributed by atoms with van der Waals surface area (Å²) < 4.78 is 29.8. The van der Waals surface area contributed by atoms with Crippen LogP contribution in [0, 0.1) is 6.92 Å². The van der Waals surface area contributed by atoms with Gasteiger partial charge in [-0.25, -0.2) is 9.97 Å². The number of aromatic nitrogens is 3. The summed E-state index contributed by atoms with van der Waals surface area (Å²) in [6, 6.07) is 8.32. The number of H-pyrrole nitrogens is 1. The molecule has 31 heavy (non-hydrogen) atoms. The number of aromatic amines is 1. The second-order valence-electron chi connectivity index (χ2n) is 7.61. The Kier molecular flexibility index (Phi) is 5.81. The topological polar surface area (TPSA) is 107 Å². The van der Waals surface area contributed by atoms with Crippen LogP contribution in [0.15, 0.2) is 52.1 Å². The van der Waals surface area contributed by atoms with E-state index in [0.29, 0.717) is 32.1 Å². The molecule has 0 spiro atoms. The van der Waals surface area contributed by atoms with Crippen LogP contribution in [-0.2, 0) is 10.0 Å². The van der Waals surface area contributed by atoms with Gasteiger partial charge in [0.15, 0.2) is 0 Å². The van der Waals surface area contributed by atoms with E-state index in [1.807, 2.05) is 24.9 Å². The van der Waals surface area contributed by atoms with Gasteiger partial charge in [0.25, 0.3) is 10.0 Å². The number of aryl methyl sites for hydroxylation is 1. The van der Waals surface area contributed by atoms with E-state index < -0.39 is 10.0 Å². The van der Waals surface area contributed by atoms with Crippen molar-refractivity contribution in [1.29, 1.82) is 0 Å². The molecule has 10 heteroatoms. The molecule has 1 fully saturated rings. The molecule has 4 rings (SSSR count). The molecule has 0 saturated carbocycles. The third-order valence-electron chi connectivity index (χ3n) is 5.43. The third-order valence-corrected chi connectivity index (χ3v) is 6.71. The molecule has 0 amide bonds. The van der Waals surface area contributed by atoms with Gasteiger partial charge >= 0.3 is 0 Å². The normalized spacial score (nSPS) is 17.9. The molecule has 1 aliphatic rings. The molecule has 2 aromatic heterocycles. The summed E-state index contributed by atoms with van der Waals surface area (Å²) in [5.41, 5.74) is 1.92. The van der Waals surface area contributed by atoms with Crippen molar-refractivity contribution < 1.29 is 8.42 Å². The van der Waals surface area contributed by atoms with Gasteiger partial charge in [0, 0.05) is 38.4 Å². The SMILES string of the molecule is CCN/C(=N\S(=O)(=O)c1ccccc1)N1CCN(c2ncnc3[nH]cc(C)c23)C[C@@H]1C. The quantitative estimate of drug-likeness (QED) is 0.472. The zero-order chi connectivity index (χ0) is 22.0. The van der Waals surface area contributed by atoms with Crippen molar-refractivity contribution in [3.63, 3.8) is 0 Å². The van der Waals surface area contributed by atoms with Crippen LogP contribution >= 0.6 is 0 Å². The molecule has 0 unspecified atom stereocenters. The minimum Gasteiger partial charge on any atom is -0.356 e. The minimum absolute atomic E-state index is 0.0294. The Labute approximate surface area is 182 Å². The van der Waals surface area contributed by atoms with E-state index >= 15 is 0 Å². The van der Waals surface area contributed by atoms with Gasteiger partial charge in [0.05, 0.1) is 10.3 Å². The first kappa shape index (κ1) is 21.1. The molecule has 9 nitrogen and oxygen atoms in total. The molecule has 0 bridgehead atoms. The van der Waals surface area contributed by atoms with E-state index in [1.165, 1.54) is 0 Å². The summed E-state index contributed by atoms with van der Waals surface area (Å²) in [5, 5.41) is 4.17. The first-order chi connectivity index (χ1) is 14.9. The number of anilines is 1. The van der Waals surface area contributed by atoms with Gasteiger partial charge in [-0.15, -0.1) is 4.40 Å². The van der Waals surface area contributed by atoms with Crippen molar-refractivity contribution in [1.82, 2.24) is 25.2 Å². The van der Waals surface area contributed by atoms with E-state index in [9.17, 15) is 8.42 Å². The predicted octanol–water partition coefficient (Wildman–Crippen LogP) is 2.13. The van der Waals surface area contributed by atoms with Gasteiger partial charge in [0.2, 0.25) is 5.96 Å². The molecule has 1 atom stereocenters. The van der Waals surface area contributed by atoms with Crippen molar-refractivity contribution in [2.24, 2.45) is 4.40 Å². The number of hydrogen-bond acceptors (Lipinski definition) is 5. The van der Waals surface area contributed by atoms with Crippen LogP contribution in [0.5, 0.6) is 0 Å². The van der Waals surface area contributed by atoms with Gasteiger partial charge in [0.1, 0.15) is 17.8 Å². The Morgan fingerprint density at radius 2 is 2.03 bits per heavy atom. The lowest BCUT2D eigenvalue weighted by atomic mass is 10.1. The van der Waals surface area contributed by atoms with E-state index in [1.54, 1.807) is 36.7 Å². The fourth-order valence-electron chi connectivity index (χ4n) is 3.91. The summed E-state index contributed by atoms with van der Waals surface area (Å²) in [4.78, 5) is 16.5. The zero-order valence-electron chi connectivity index (χ0n) is 17.9. The number of hydrogen-bond donors (Lipinski definition) is 2. The van der Waals surface area contributed by atoms with Gasteiger partial charge in [-0.05, 0) is 38.5 Å². The van der Waals surface area contributed by atoms with Crippen molar-refractivity contribution >= 4 is 32.8 Å². The molecule has 0 aliphatic carbocycles. The first-order valence-electron chi connectivity index (χ1n) is 10.3. The van der Waals surface area contributed by atoms with Crippen LogP contribution < -0.4 is 10.2 Å². The largest absolute Gasteiger partial charge is 0.356 e. The van der Waals surface area contributed by atoms with Crippen LogP contribution in [0.3, 0.4) is 0 Å². The standard InChI is InChI=1S/C21H27N7O2S/c1-4-22-21(26-31(29,30)17-8-6-5-7-9-17)28-11-10-27(13-16(28)3)20-18-15(2)12-23-19(18)24-14-25-20/h5-9,12,14,16H,4,10-11,13H2,1-3H3,(H,22,26)(H,23,24,25)/t16-/m0/s1. The third kappa shape index (κ3) is 4.20. The summed E-state index contributed by atoms with van der Waals surface area (Å²) in [6.45, 7) is 8.60. The van der Waals surface area contributed by atoms with Crippen molar-refractivity contribution in [3.8, 4) is 0 Å². The Morgan fingerprint density at radius 1 is 1.26 bits per heavy atom. The Hall–Kier alpha value is -3.14. The van der Waals surface area contributed by atoms with Gasteiger partial charge in [-0.1, -0.05) is 18.2 Å². The van der Waals surface area contributed by atoms with Crippen LogP contribution in [0.25, 0.3) is 11.0 Å². The summed E-state index contributed by atoms with van der Waals surface area (Å²) in [7, 11) is -3.80. The molecule has 3 aromatic rings. The summed E-state index contributed by atoms with van der Waals surface area (Å²) >= 11 is 0. The van der Waals surface area contributed by atoms with Crippen molar-refractivity contribution in [2.45, 2.75) is 31.7 Å². The maximum absolute atomic E-state index is 12.8. The fraction of sp³-hybridized carbons (Fsp3) is 0.381. The van der Waals surface area contributed by atoms with Crippen molar-refractivity contribution in [2.75, 3.05) is 31.1 Å². The maximum atomic E-state index is 12.8. The van der Waals surface area contributed by atoms with Crippen LogP contribution in [0.4, 0.5) is 5.82 Å². The molecule has 1 saturated heterocycles. The molecule has 1 aliphatic heterocycles. The highest BCUT2D eigenvalue weighted by Crippen LogP contribution is 2.27. The van der Waals surface area contributed by atoms with E-state index in [0.717, 1.165) is 22.4 Å². The molecular formula is C21H27N7O2S. The zero-order valence-corrected chi connectivity index (χ0v) is 18.7. The van der Waals surface area contributed by atoms with Crippen molar-refractivity contribution in [3.05, 3.63) is 48.4 Å². The summed E-state index contributed by atoms with van der Waals surface area (Å²) in [5.74, 6) is 1.28. The highest BCUT2D eigenvalue weighted by molar-refractivity contribution is 7.90. The van der Waals surface area contributed by atoms with Crippen LogP contribution in [0.2, 0.25) is 0 Å². The Morgan fingerprint density at radius 3 is 2.74 bits per heavy atom. The second-order valence-corrected chi connectivity index (χ2v) is 9.22. The van der Waals surface area contributed by atoms with Gasteiger partial charge < -0.3 is 20.1 Å². The fourth-order valence-corrected chi connectivity index (χ4v) is 4.91. The number of fused-ring (bicyclic) bond motifs is 1. The lowest BCUT2D eigenvalue weighted by Gasteiger charge is -2.42. The smallest absolute Gasteiger partial charge is 0.285 e. The minimum atomic E-state index is -3.80. The number of nitrogens with one attached hydrogen (secondary N) is 2. The predicted molar refractivity (Wildman–Crippen MR) is 122 cm³/mol. The summed E-state index contributed by atoms with van der Waals surface area (Å²) in [6.07, 6.45) is 3.51. The lowest BCUT2D eigenvalue weighted by Crippen LogP contribution is -2.57. The molecule has 2 N–H and O–H groups in total. The number of nitrogens with zero attached hydrogens (tertiary/aromatic N) is 5. The van der Waals surface area contributed by atoms with Crippen LogP contribution in [-0.4, -0.2) is 66.5 Å². The number of sulfonamides is 1. The first-order valence-corrected chi connectivity index (χ1v) is 11.8. The number of rotatable bonds is 4. The van der Waals surface area contributed by atoms with E-state index in [4.69, 9.17) is 0 Å². The monoisotopic (exact) mass is 441 g/mol. The molecular weight excluding hydrogens is 414 g/mol. The highest BCUT2D eigenvalue weighted by atomic mass is 32.2. The second kappa shape index (κ2) is 8.54. The van der Waals surface area contributed by atoms with Gasteiger partial charge in [-0.2, -0.15) is 8.42 Å². The number of benzene rings is 1. The average molecular weight is 442 g/mol. The maximum Gasteiger partial charge on any atom is 0.285 e.